The number of nitrogens with one attached hydrogen (secondary N) is 2. The monoisotopic (exact) mass is 212 g/mol. The second-order valence-corrected chi connectivity index (χ2v) is 3.02. The summed E-state index contributed by atoms with van der Waals surface area (Å²) in [5, 5.41) is 17.1. The van der Waals surface area contributed by atoms with Crippen molar-refractivity contribution in [1.82, 2.24) is 10.2 Å². The molecule has 7 nitrogen and oxygen atoms in total. The Labute approximate surface area is 85.7 Å². The Morgan fingerprint density at radius 3 is 2.93 bits per heavy atom. The Balaban J connectivity index is 2.36. The number of nitrogens with zero attached hydrogens (tertiary/aromatic N) is 1. The molecule has 1 aromatic rings. The lowest BCUT2D eigenvalue weighted by Crippen LogP contribution is -2.35. The molecule has 0 aliphatic carbocycles. The van der Waals surface area contributed by atoms with Crippen molar-refractivity contribution in [2.24, 2.45) is 5.73 Å². The van der Waals surface area contributed by atoms with Gasteiger partial charge in [0, 0.05) is 12.6 Å². The number of carbonyl (C=O) groups excluding carboxylic acids is 1. The summed E-state index contributed by atoms with van der Waals surface area (Å²) in [5.41, 5.74) is 5.98. The van der Waals surface area contributed by atoms with Gasteiger partial charge in [-0.15, -0.1) is 0 Å². The van der Waals surface area contributed by atoms with Crippen LogP contribution in [0.5, 0.6) is 0 Å². The van der Waals surface area contributed by atoms with Gasteiger partial charge in [0.15, 0.2) is 0 Å². The Kier molecular flexibility index (Phi) is 3.81. The van der Waals surface area contributed by atoms with Crippen molar-refractivity contribution in [3.8, 4) is 0 Å². The minimum atomic E-state index is -0.971. The Morgan fingerprint density at radius 2 is 2.40 bits per heavy atom. The average molecular weight is 212 g/mol. The summed E-state index contributed by atoms with van der Waals surface area (Å²) in [7, 11) is 0. The van der Waals surface area contributed by atoms with E-state index < -0.39 is 17.9 Å². The number of aromatic amines is 1. The van der Waals surface area contributed by atoms with E-state index in [4.69, 9.17) is 10.8 Å². The smallest absolute Gasteiger partial charge is 0.303 e. The van der Waals surface area contributed by atoms with E-state index in [1.807, 2.05) is 0 Å². The van der Waals surface area contributed by atoms with E-state index in [-0.39, 0.29) is 12.8 Å². The van der Waals surface area contributed by atoms with E-state index in [0.29, 0.717) is 5.69 Å². The van der Waals surface area contributed by atoms with Gasteiger partial charge < -0.3 is 16.2 Å². The molecule has 1 amide bonds. The molecule has 5 N–H and O–H groups in total. The largest absolute Gasteiger partial charge is 0.481 e. The third-order valence-corrected chi connectivity index (χ3v) is 1.77. The topological polar surface area (TPSA) is 121 Å². The van der Waals surface area contributed by atoms with Crippen molar-refractivity contribution < 1.29 is 14.7 Å². The zero-order chi connectivity index (χ0) is 11.3. The summed E-state index contributed by atoms with van der Waals surface area (Å²) in [6.07, 6.45) is 2.92. The predicted molar refractivity (Wildman–Crippen MR) is 52.1 cm³/mol. The highest BCUT2D eigenvalue weighted by Crippen LogP contribution is 2.03. The number of amides is 1. The van der Waals surface area contributed by atoms with Crippen molar-refractivity contribution in [3.05, 3.63) is 12.4 Å². The Bertz CT molecular complexity index is 336. The molecule has 1 heterocycles. The van der Waals surface area contributed by atoms with Crippen LogP contribution in [0.1, 0.15) is 12.8 Å². The van der Waals surface area contributed by atoms with Crippen LogP contribution in [0.25, 0.3) is 0 Å². The summed E-state index contributed by atoms with van der Waals surface area (Å²) in [4.78, 5) is 21.6. The standard InChI is InChI=1S/C8H12N4O3/c9-6(1-2-7(13)14)8(15)12-5-3-10-11-4-5/h3-4,6H,1-2,9H2,(H,10,11)(H,12,15)(H,13,14). The molecule has 15 heavy (non-hydrogen) atoms. The average Bonchev–Trinajstić information content (AvgIpc) is 2.66. The van der Waals surface area contributed by atoms with Gasteiger partial charge in [-0.25, -0.2) is 0 Å². The quantitative estimate of drug-likeness (QED) is 0.526. The van der Waals surface area contributed by atoms with Crippen LogP contribution in [0.3, 0.4) is 0 Å². The van der Waals surface area contributed by atoms with E-state index in [1.165, 1.54) is 12.4 Å². The third-order valence-electron chi connectivity index (χ3n) is 1.77. The van der Waals surface area contributed by atoms with Gasteiger partial charge >= 0.3 is 5.97 Å². The molecule has 82 valence electrons. The minimum Gasteiger partial charge on any atom is -0.481 e. The maximum atomic E-state index is 11.4. The first kappa shape index (κ1) is 11.2. The number of aromatic nitrogens is 2. The predicted octanol–water partition coefficient (Wildman–Crippen LogP) is -0.460. The number of aliphatic carboxylic acids is 1. The molecule has 1 aromatic heterocycles. The van der Waals surface area contributed by atoms with Crippen molar-refractivity contribution in [3.63, 3.8) is 0 Å². The number of hydrogen-bond donors (Lipinski definition) is 4. The molecule has 0 aromatic carbocycles. The van der Waals surface area contributed by atoms with Gasteiger partial charge in [-0.05, 0) is 6.42 Å². The fourth-order valence-corrected chi connectivity index (χ4v) is 0.964. The number of carboxylic acids is 1. The molecule has 0 radical (unpaired) electrons. The zero-order valence-corrected chi connectivity index (χ0v) is 7.93. The number of anilines is 1. The van der Waals surface area contributed by atoms with Crippen LogP contribution >= 0.6 is 0 Å². The van der Waals surface area contributed by atoms with Gasteiger partial charge in [0.05, 0.1) is 17.9 Å². The Morgan fingerprint density at radius 1 is 1.67 bits per heavy atom. The van der Waals surface area contributed by atoms with Crippen molar-refractivity contribution >= 4 is 17.6 Å². The summed E-state index contributed by atoms with van der Waals surface area (Å²) in [6.45, 7) is 0. The van der Waals surface area contributed by atoms with Crippen LogP contribution in [0.15, 0.2) is 12.4 Å². The molecule has 0 fully saturated rings. The van der Waals surface area contributed by atoms with E-state index >= 15 is 0 Å². The summed E-state index contributed by atoms with van der Waals surface area (Å²) >= 11 is 0. The first-order chi connectivity index (χ1) is 7.09. The highest BCUT2D eigenvalue weighted by atomic mass is 16.4. The zero-order valence-electron chi connectivity index (χ0n) is 7.93. The molecule has 0 aliphatic heterocycles. The molecule has 0 spiro atoms. The van der Waals surface area contributed by atoms with E-state index in [2.05, 4.69) is 15.5 Å². The molecule has 1 unspecified atom stereocenters. The van der Waals surface area contributed by atoms with Crippen LogP contribution in [-0.4, -0.2) is 33.2 Å². The lowest BCUT2D eigenvalue weighted by molar-refractivity contribution is -0.137. The van der Waals surface area contributed by atoms with Gasteiger partial charge in [-0.3, -0.25) is 14.7 Å². The highest BCUT2D eigenvalue weighted by molar-refractivity contribution is 5.94. The lowest BCUT2D eigenvalue weighted by Gasteiger charge is -2.09. The van der Waals surface area contributed by atoms with Crippen LogP contribution in [0.4, 0.5) is 5.69 Å². The van der Waals surface area contributed by atoms with Gasteiger partial charge in [-0.2, -0.15) is 5.10 Å². The van der Waals surface area contributed by atoms with Crippen LogP contribution in [0.2, 0.25) is 0 Å². The first-order valence-electron chi connectivity index (χ1n) is 4.36. The van der Waals surface area contributed by atoms with Crippen molar-refractivity contribution in [1.29, 1.82) is 0 Å². The normalized spacial score (nSPS) is 12.1. The molecule has 0 saturated carbocycles. The molecule has 7 heteroatoms. The fraction of sp³-hybridized carbons (Fsp3) is 0.375. The van der Waals surface area contributed by atoms with Crippen molar-refractivity contribution in [2.75, 3.05) is 5.32 Å². The maximum Gasteiger partial charge on any atom is 0.303 e. The number of rotatable bonds is 5. The van der Waals surface area contributed by atoms with E-state index in [0.717, 1.165) is 0 Å². The second kappa shape index (κ2) is 5.11. The van der Waals surface area contributed by atoms with Crippen molar-refractivity contribution in [2.45, 2.75) is 18.9 Å². The van der Waals surface area contributed by atoms with Gasteiger partial charge in [0.2, 0.25) is 5.91 Å². The SMILES string of the molecule is NC(CCC(=O)O)C(=O)Nc1cn[nH]c1. The number of carboxylic acid groups (broad SMARTS) is 1. The number of nitrogens with two attached hydrogens (primary N) is 1. The molecule has 1 atom stereocenters. The van der Waals surface area contributed by atoms with Gasteiger partial charge in [0.25, 0.3) is 0 Å². The minimum absolute atomic E-state index is 0.110. The molecular weight excluding hydrogens is 200 g/mol. The number of H-pyrrole nitrogens is 1. The molecule has 1 rings (SSSR count). The summed E-state index contributed by atoms with van der Waals surface area (Å²) < 4.78 is 0. The van der Waals surface area contributed by atoms with E-state index in [9.17, 15) is 9.59 Å². The second-order valence-electron chi connectivity index (χ2n) is 3.02. The van der Waals surface area contributed by atoms with Crippen LogP contribution in [-0.2, 0) is 9.59 Å². The molecule has 0 saturated heterocycles. The van der Waals surface area contributed by atoms with Gasteiger partial charge in [-0.1, -0.05) is 0 Å². The molecule has 0 bridgehead atoms. The third kappa shape index (κ3) is 3.77. The fourth-order valence-electron chi connectivity index (χ4n) is 0.964. The number of carbonyl (C=O) groups is 2. The number of hydrogen-bond acceptors (Lipinski definition) is 4. The van der Waals surface area contributed by atoms with Crippen LogP contribution < -0.4 is 11.1 Å². The van der Waals surface area contributed by atoms with Crippen LogP contribution in [0, 0.1) is 0 Å². The molecule has 0 aliphatic rings. The maximum absolute atomic E-state index is 11.4. The van der Waals surface area contributed by atoms with Gasteiger partial charge in [0.1, 0.15) is 0 Å². The summed E-state index contributed by atoms with van der Waals surface area (Å²) in [6, 6.07) is -0.823. The molecular formula is C8H12N4O3. The lowest BCUT2D eigenvalue weighted by atomic mass is 10.1. The summed E-state index contributed by atoms with van der Waals surface area (Å²) in [5.74, 6) is -1.39. The van der Waals surface area contributed by atoms with E-state index in [1.54, 1.807) is 0 Å². The first-order valence-corrected chi connectivity index (χ1v) is 4.36. The Hall–Kier alpha value is -1.89. The highest BCUT2D eigenvalue weighted by Gasteiger charge is 2.14.